The van der Waals surface area contributed by atoms with Crippen LogP contribution < -0.4 is 16.2 Å². The molecule has 0 aliphatic heterocycles. The van der Waals surface area contributed by atoms with Crippen LogP contribution in [0.25, 0.3) is 0 Å². The van der Waals surface area contributed by atoms with E-state index in [1.54, 1.807) is 24.3 Å². The summed E-state index contributed by atoms with van der Waals surface area (Å²) in [7, 11) is 0. The van der Waals surface area contributed by atoms with E-state index in [0.717, 1.165) is 11.5 Å². The van der Waals surface area contributed by atoms with E-state index < -0.39 is 5.91 Å². The zero-order valence-corrected chi connectivity index (χ0v) is 9.61. The highest BCUT2D eigenvalue weighted by Crippen LogP contribution is 2.20. The molecule has 1 amide bonds. The van der Waals surface area contributed by atoms with Gasteiger partial charge < -0.3 is 16.2 Å². The number of para-hydroxylation sites is 1. The molecule has 88 valence electrons. The predicted octanol–water partition coefficient (Wildman–Crippen LogP) is 0.798. The summed E-state index contributed by atoms with van der Waals surface area (Å²) in [6.45, 7) is 0.159. The normalized spacial score (nSPS) is 10.1. The van der Waals surface area contributed by atoms with Crippen molar-refractivity contribution < 1.29 is 9.53 Å². The number of hydrogen-bond donors (Lipinski definition) is 2. The van der Waals surface area contributed by atoms with Gasteiger partial charge in [-0.15, -0.1) is 5.10 Å². The zero-order valence-electron chi connectivity index (χ0n) is 8.79. The van der Waals surface area contributed by atoms with Gasteiger partial charge in [0.25, 0.3) is 5.91 Å². The highest BCUT2D eigenvalue weighted by Gasteiger charge is 2.10. The number of carbonyl (C=O) groups is 1. The summed E-state index contributed by atoms with van der Waals surface area (Å²) in [5.41, 5.74) is 11.7. The average molecular weight is 250 g/mol. The van der Waals surface area contributed by atoms with E-state index in [0.29, 0.717) is 22.0 Å². The van der Waals surface area contributed by atoms with Gasteiger partial charge in [-0.1, -0.05) is 16.6 Å². The summed E-state index contributed by atoms with van der Waals surface area (Å²) >= 11 is 1.10. The van der Waals surface area contributed by atoms with E-state index in [4.69, 9.17) is 16.2 Å². The average Bonchev–Trinajstić information content (AvgIpc) is 2.72. The van der Waals surface area contributed by atoms with Gasteiger partial charge in [-0.05, 0) is 12.1 Å². The van der Waals surface area contributed by atoms with E-state index in [-0.39, 0.29) is 6.61 Å². The Labute approximate surface area is 101 Å². The number of hydrogen-bond acceptors (Lipinski definition) is 6. The third kappa shape index (κ3) is 2.51. The van der Waals surface area contributed by atoms with Gasteiger partial charge in [0.1, 0.15) is 23.1 Å². The Morgan fingerprint density at radius 3 is 2.82 bits per heavy atom. The van der Waals surface area contributed by atoms with Gasteiger partial charge in [0.2, 0.25) is 0 Å². The van der Waals surface area contributed by atoms with Crippen LogP contribution in [0.2, 0.25) is 0 Å². The van der Waals surface area contributed by atoms with Crippen molar-refractivity contribution in [2.75, 3.05) is 5.73 Å². The minimum absolute atomic E-state index is 0.159. The molecule has 6 nitrogen and oxygen atoms in total. The summed E-state index contributed by atoms with van der Waals surface area (Å²) in [4.78, 5) is 11.1. The lowest BCUT2D eigenvalue weighted by molar-refractivity contribution is 0.0996. The number of primary amides is 1. The Kier molecular flexibility index (Phi) is 3.20. The fraction of sp³-hybridized carbons (Fsp3) is 0.100. The van der Waals surface area contributed by atoms with Crippen molar-refractivity contribution in [2.24, 2.45) is 5.73 Å². The van der Waals surface area contributed by atoms with Crippen molar-refractivity contribution in [1.29, 1.82) is 0 Å². The lowest BCUT2D eigenvalue weighted by Gasteiger charge is -2.07. The molecule has 0 aliphatic carbocycles. The lowest BCUT2D eigenvalue weighted by Crippen LogP contribution is -2.13. The van der Waals surface area contributed by atoms with E-state index in [1.807, 2.05) is 0 Å². The molecule has 0 spiro atoms. The summed E-state index contributed by atoms with van der Waals surface area (Å²) in [5.74, 6) is -0.127. The van der Waals surface area contributed by atoms with E-state index >= 15 is 0 Å². The summed E-state index contributed by atoms with van der Waals surface area (Å²) in [5, 5.41) is 4.31. The molecule has 0 fully saturated rings. The maximum absolute atomic E-state index is 11.1. The van der Waals surface area contributed by atoms with Crippen molar-refractivity contribution >= 4 is 22.4 Å². The summed E-state index contributed by atoms with van der Waals surface area (Å²) < 4.78 is 9.13. The Morgan fingerprint density at radius 1 is 1.41 bits per heavy atom. The standard InChI is InChI=1S/C10H10N4O2S/c11-9(15)6-3-1-2-4-8(6)16-5-7-10(12)17-14-13-7/h1-4H,5,12H2,(H2,11,15). The minimum atomic E-state index is -0.537. The third-order valence-electron chi connectivity index (χ3n) is 2.10. The molecular weight excluding hydrogens is 240 g/mol. The van der Waals surface area contributed by atoms with Crippen LogP contribution in [0.3, 0.4) is 0 Å². The molecular formula is C10H10N4O2S. The number of amides is 1. The molecule has 0 radical (unpaired) electrons. The van der Waals surface area contributed by atoms with E-state index in [1.165, 1.54) is 0 Å². The molecule has 1 aromatic carbocycles. The van der Waals surface area contributed by atoms with Gasteiger partial charge in [0.15, 0.2) is 0 Å². The largest absolute Gasteiger partial charge is 0.486 e. The first-order valence-electron chi connectivity index (χ1n) is 4.77. The van der Waals surface area contributed by atoms with Crippen LogP contribution in [0.5, 0.6) is 5.75 Å². The van der Waals surface area contributed by atoms with E-state index in [2.05, 4.69) is 9.59 Å². The Bertz CT molecular complexity index is 541. The molecule has 17 heavy (non-hydrogen) atoms. The molecule has 0 aliphatic rings. The predicted molar refractivity (Wildman–Crippen MR) is 63.6 cm³/mol. The quantitative estimate of drug-likeness (QED) is 0.835. The van der Waals surface area contributed by atoms with Gasteiger partial charge in [0, 0.05) is 11.5 Å². The highest BCUT2D eigenvalue weighted by molar-refractivity contribution is 7.09. The summed E-state index contributed by atoms with van der Waals surface area (Å²) in [6, 6.07) is 6.73. The number of nitrogen functional groups attached to an aromatic ring is 1. The smallest absolute Gasteiger partial charge is 0.252 e. The topological polar surface area (TPSA) is 104 Å². The number of rotatable bonds is 4. The molecule has 2 aromatic rings. The van der Waals surface area contributed by atoms with Crippen LogP contribution in [0, 0.1) is 0 Å². The second-order valence-corrected chi connectivity index (χ2v) is 4.02. The first kappa shape index (κ1) is 11.3. The number of anilines is 1. The van der Waals surface area contributed by atoms with Crippen molar-refractivity contribution in [3.8, 4) is 5.75 Å². The first-order chi connectivity index (χ1) is 8.18. The third-order valence-corrected chi connectivity index (χ3v) is 2.70. The first-order valence-corrected chi connectivity index (χ1v) is 5.54. The lowest BCUT2D eigenvalue weighted by atomic mass is 10.2. The fourth-order valence-electron chi connectivity index (χ4n) is 1.26. The molecule has 0 unspecified atom stereocenters. The van der Waals surface area contributed by atoms with Crippen LogP contribution in [0.15, 0.2) is 24.3 Å². The number of nitrogens with two attached hydrogens (primary N) is 2. The number of carbonyl (C=O) groups excluding carboxylic acids is 1. The SMILES string of the molecule is NC(=O)c1ccccc1OCc1nnsc1N. The second-order valence-electron chi connectivity index (χ2n) is 3.23. The van der Waals surface area contributed by atoms with Gasteiger partial charge in [-0.2, -0.15) is 0 Å². The molecule has 0 saturated carbocycles. The maximum atomic E-state index is 11.1. The second kappa shape index (κ2) is 4.79. The Hall–Kier alpha value is -2.15. The minimum Gasteiger partial charge on any atom is -0.486 e. The monoisotopic (exact) mass is 250 g/mol. The van der Waals surface area contributed by atoms with Crippen molar-refractivity contribution in [3.05, 3.63) is 35.5 Å². The Morgan fingerprint density at radius 2 is 2.18 bits per heavy atom. The van der Waals surface area contributed by atoms with E-state index in [9.17, 15) is 4.79 Å². The molecule has 7 heteroatoms. The summed E-state index contributed by atoms with van der Waals surface area (Å²) in [6.07, 6.45) is 0. The molecule has 0 atom stereocenters. The van der Waals surface area contributed by atoms with Crippen LogP contribution in [-0.4, -0.2) is 15.5 Å². The molecule has 0 saturated heterocycles. The number of nitrogens with zero attached hydrogens (tertiary/aromatic N) is 2. The van der Waals surface area contributed by atoms with Crippen LogP contribution in [-0.2, 0) is 6.61 Å². The van der Waals surface area contributed by atoms with Crippen molar-refractivity contribution in [2.45, 2.75) is 6.61 Å². The van der Waals surface area contributed by atoms with Gasteiger partial charge >= 0.3 is 0 Å². The van der Waals surface area contributed by atoms with Crippen LogP contribution >= 0.6 is 11.5 Å². The molecule has 2 rings (SSSR count). The molecule has 4 N–H and O–H groups in total. The van der Waals surface area contributed by atoms with Crippen LogP contribution in [0.4, 0.5) is 5.00 Å². The molecule has 1 heterocycles. The van der Waals surface area contributed by atoms with Crippen LogP contribution in [0.1, 0.15) is 16.1 Å². The molecule has 1 aromatic heterocycles. The zero-order chi connectivity index (χ0) is 12.3. The highest BCUT2D eigenvalue weighted by atomic mass is 32.1. The molecule has 0 bridgehead atoms. The Balaban J connectivity index is 2.14. The van der Waals surface area contributed by atoms with Gasteiger partial charge in [-0.25, -0.2) is 0 Å². The van der Waals surface area contributed by atoms with Gasteiger partial charge in [0.05, 0.1) is 5.56 Å². The number of ether oxygens (including phenoxy) is 1. The van der Waals surface area contributed by atoms with Crippen molar-refractivity contribution in [3.63, 3.8) is 0 Å². The number of benzene rings is 1. The van der Waals surface area contributed by atoms with Crippen molar-refractivity contribution in [1.82, 2.24) is 9.59 Å². The number of aromatic nitrogens is 2. The van der Waals surface area contributed by atoms with Gasteiger partial charge in [-0.3, -0.25) is 4.79 Å². The maximum Gasteiger partial charge on any atom is 0.252 e. The fourth-order valence-corrected chi connectivity index (χ4v) is 1.69.